The van der Waals surface area contributed by atoms with Gasteiger partial charge in [-0.25, -0.2) is 0 Å². The van der Waals surface area contributed by atoms with Gasteiger partial charge in [0.15, 0.2) is 5.96 Å². The van der Waals surface area contributed by atoms with E-state index in [2.05, 4.69) is 40.7 Å². The molecule has 0 atom stereocenters. The second-order valence-electron chi connectivity index (χ2n) is 7.48. The number of aliphatic imine (C=N–C) groups is 1. The number of amides is 1. The molecule has 0 saturated heterocycles. The van der Waals surface area contributed by atoms with Crippen LogP contribution in [0.4, 0.5) is 0 Å². The summed E-state index contributed by atoms with van der Waals surface area (Å²) >= 11 is 0. The number of rotatable bonds is 10. The van der Waals surface area contributed by atoms with E-state index in [4.69, 9.17) is 9.47 Å². The van der Waals surface area contributed by atoms with Crippen molar-refractivity contribution in [1.82, 2.24) is 15.5 Å². The van der Waals surface area contributed by atoms with Gasteiger partial charge in [0.1, 0.15) is 5.75 Å². The van der Waals surface area contributed by atoms with Crippen LogP contribution in [0, 0.1) is 6.92 Å². The first-order valence-corrected chi connectivity index (χ1v) is 10.4. The zero-order valence-electron chi connectivity index (χ0n) is 19.6. The molecule has 7 nitrogen and oxygen atoms in total. The minimum atomic E-state index is -0.00433. The van der Waals surface area contributed by atoms with Crippen molar-refractivity contribution in [2.24, 2.45) is 4.99 Å². The zero-order valence-corrected chi connectivity index (χ0v) is 21.9. The minimum absolute atomic E-state index is 0. The summed E-state index contributed by atoms with van der Waals surface area (Å²) in [4.78, 5) is 17.9. The van der Waals surface area contributed by atoms with Crippen LogP contribution in [0.3, 0.4) is 0 Å². The number of aryl methyl sites for hydroxylation is 1. The van der Waals surface area contributed by atoms with Crippen molar-refractivity contribution in [3.05, 3.63) is 64.7 Å². The van der Waals surface area contributed by atoms with Crippen molar-refractivity contribution in [1.29, 1.82) is 0 Å². The van der Waals surface area contributed by atoms with Crippen molar-refractivity contribution in [2.75, 3.05) is 41.5 Å². The Labute approximate surface area is 208 Å². The van der Waals surface area contributed by atoms with Crippen LogP contribution in [0.5, 0.6) is 5.75 Å². The van der Waals surface area contributed by atoms with Crippen molar-refractivity contribution in [3.63, 3.8) is 0 Å². The summed E-state index contributed by atoms with van der Waals surface area (Å²) < 4.78 is 11.0. The number of nitrogens with zero attached hydrogens (tertiary/aromatic N) is 2. The molecule has 0 aliphatic rings. The highest BCUT2D eigenvalue weighted by Gasteiger charge is 2.08. The summed E-state index contributed by atoms with van der Waals surface area (Å²) in [6.45, 7) is 4.54. The van der Waals surface area contributed by atoms with Gasteiger partial charge in [-0.2, -0.15) is 0 Å². The van der Waals surface area contributed by atoms with Gasteiger partial charge in [0.05, 0.1) is 6.61 Å². The third kappa shape index (κ3) is 9.04. The Balaban J connectivity index is 0.00000512. The van der Waals surface area contributed by atoms with Gasteiger partial charge in [0.25, 0.3) is 5.91 Å². The van der Waals surface area contributed by atoms with E-state index in [0.29, 0.717) is 37.8 Å². The molecular weight excluding hydrogens is 519 g/mol. The van der Waals surface area contributed by atoms with E-state index in [0.717, 1.165) is 28.9 Å². The van der Waals surface area contributed by atoms with Crippen molar-refractivity contribution < 1.29 is 14.3 Å². The summed E-state index contributed by atoms with van der Waals surface area (Å²) in [5.74, 6) is 1.56. The quantitative estimate of drug-likeness (QED) is 0.203. The number of nitrogens with one attached hydrogen (secondary N) is 2. The predicted molar refractivity (Wildman–Crippen MR) is 140 cm³/mol. The summed E-state index contributed by atoms with van der Waals surface area (Å²) in [7, 11) is 6.93. The molecule has 176 valence electrons. The largest absolute Gasteiger partial charge is 0.493 e. The second kappa shape index (κ2) is 14.7. The average molecular weight is 554 g/mol. The number of halogens is 1. The smallest absolute Gasteiger partial charge is 0.253 e. The SMILES string of the molecule is CN=C(NCc1ccc(C(=O)N(C)C)cc1)NCc1ccc(C)cc1OCCCOC.I. The number of ether oxygens (including phenoxy) is 2. The van der Waals surface area contributed by atoms with Crippen LogP contribution in [0.2, 0.25) is 0 Å². The second-order valence-corrected chi connectivity index (χ2v) is 7.48. The Bertz CT molecular complexity index is 870. The van der Waals surface area contributed by atoms with Gasteiger partial charge in [-0.05, 0) is 36.2 Å². The van der Waals surface area contributed by atoms with Crippen LogP contribution in [-0.4, -0.2) is 58.2 Å². The lowest BCUT2D eigenvalue weighted by molar-refractivity contribution is 0.0827. The van der Waals surface area contributed by atoms with E-state index < -0.39 is 0 Å². The highest BCUT2D eigenvalue weighted by molar-refractivity contribution is 14.0. The lowest BCUT2D eigenvalue weighted by Gasteiger charge is -2.16. The van der Waals surface area contributed by atoms with Crippen LogP contribution in [0.25, 0.3) is 0 Å². The topological polar surface area (TPSA) is 75.2 Å². The van der Waals surface area contributed by atoms with Gasteiger partial charge in [0, 0.05) is 65.5 Å². The van der Waals surface area contributed by atoms with Crippen molar-refractivity contribution >= 4 is 35.8 Å². The van der Waals surface area contributed by atoms with Gasteiger partial charge in [-0.1, -0.05) is 24.3 Å². The maximum atomic E-state index is 12.0. The number of hydrogen-bond acceptors (Lipinski definition) is 4. The van der Waals surface area contributed by atoms with Gasteiger partial charge in [0.2, 0.25) is 0 Å². The Kier molecular flexibility index (Phi) is 12.7. The molecule has 0 bridgehead atoms. The third-order valence-electron chi connectivity index (χ3n) is 4.71. The Morgan fingerprint density at radius 3 is 2.34 bits per heavy atom. The van der Waals surface area contributed by atoms with Gasteiger partial charge >= 0.3 is 0 Å². The standard InChI is InChI=1S/C24H34N4O3.HI/c1-18-7-10-21(22(15-18)31-14-6-13-30-5)17-27-24(25-2)26-16-19-8-11-20(12-9-19)23(29)28(3)4;/h7-12,15H,6,13-14,16-17H2,1-5H3,(H2,25,26,27);1H. The van der Waals surface area contributed by atoms with Crippen LogP contribution in [0.1, 0.15) is 33.5 Å². The van der Waals surface area contributed by atoms with E-state index in [1.54, 1.807) is 33.2 Å². The highest BCUT2D eigenvalue weighted by atomic mass is 127. The summed E-state index contributed by atoms with van der Waals surface area (Å²) in [5.41, 5.74) is 3.96. The lowest BCUT2D eigenvalue weighted by Crippen LogP contribution is -2.36. The molecule has 0 aliphatic carbocycles. The molecule has 0 fully saturated rings. The lowest BCUT2D eigenvalue weighted by atomic mass is 10.1. The van der Waals surface area contributed by atoms with E-state index in [9.17, 15) is 4.79 Å². The molecule has 2 N–H and O–H groups in total. The van der Waals surface area contributed by atoms with Gasteiger partial charge in [-0.15, -0.1) is 24.0 Å². The van der Waals surface area contributed by atoms with Gasteiger partial charge < -0.3 is 25.0 Å². The molecule has 0 unspecified atom stereocenters. The predicted octanol–water partition coefficient (Wildman–Crippen LogP) is 3.60. The maximum Gasteiger partial charge on any atom is 0.253 e. The molecule has 0 heterocycles. The fraction of sp³-hybridized carbons (Fsp3) is 0.417. The van der Waals surface area contributed by atoms with Crippen molar-refractivity contribution in [2.45, 2.75) is 26.4 Å². The fourth-order valence-corrected chi connectivity index (χ4v) is 2.94. The molecule has 0 saturated carbocycles. The summed E-state index contributed by atoms with van der Waals surface area (Å²) in [6, 6.07) is 13.8. The molecule has 2 aromatic carbocycles. The Morgan fingerprint density at radius 2 is 1.72 bits per heavy atom. The van der Waals surface area contributed by atoms with Crippen LogP contribution < -0.4 is 15.4 Å². The van der Waals surface area contributed by atoms with Crippen molar-refractivity contribution in [3.8, 4) is 5.75 Å². The summed E-state index contributed by atoms with van der Waals surface area (Å²) in [5, 5.41) is 6.64. The molecule has 2 aromatic rings. The minimum Gasteiger partial charge on any atom is -0.493 e. The van der Waals surface area contributed by atoms with Crippen LogP contribution >= 0.6 is 24.0 Å². The number of carbonyl (C=O) groups excluding carboxylic acids is 1. The van der Waals surface area contributed by atoms with Crippen LogP contribution in [0.15, 0.2) is 47.5 Å². The first-order valence-electron chi connectivity index (χ1n) is 10.4. The molecule has 2 rings (SSSR count). The molecule has 0 spiro atoms. The molecular formula is C24H35IN4O3. The molecule has 1 amide bonds. The Morgan fingerprint density at radius 1 is 1.03 bits per heavy atom. The first-order chi connectivity index (χ1) is 14.9. The number of benzene rings is 2. The normalized spacial score (nSPS) is 10.8. The van der Waals surface area contributed by atoms with E-state index in [-0.39, 0.29) is 29.9 Å². The molecule has 0 aliphatic heterocycles. The van der Waals surface area contributed by atoms with E-state index in [1.165, 1.54) is 0 Å². The molecule has 0 aromatic heterocycles. The molecule has 0 radical (unpaired) electrons. The third-order valence-corrected chi connectivity index (χ3v) is 4.71. The number of guanidine groups is 1. The first kappa shape index (κ1) is 27.7. The van der Waals surface area contributed by atoms with Gasteiger partial charge in [-0.3, -0.25) is 9.79 Å². The van der Waals surface area contributed by atoms with E-state index in [1.807, 2.05) is 24.3 Å². The highest BCUT2D eigenvalue weighted by Crippen LogP contribution is 2.20. The zero-order chi connectivity index (χ0) is 22.6. The maximum absolute atomic E-state index is 12.0. The van der Waals surface area contributed by atoms with Crippen LogP contribution in [-0.2, 0) is 17.8 Å². The molecule has 32 heavy (non-hydrogen) atoms. The monoisotopic (exact) mass is 554 g/mol. The summed E-state index contributed by atoms with van der Waals surface area (Å²) in [6.07, 6.45) is 0.847. The Hall–Kier alpha value is -2.33. The van der Waals surface area contributed by atoms with E-state index >= 15 is 0 Å². The number of carbonyl (C=O) groups is 1. The fourth-order valence-electron chi connectivity index (χ4n) is 2.94. The number of methoxy groups -OCH3 is 1. The average Bonchev–Trinajstić information content (AvgIpc) is 2.77. The number of hydrogen-bond donors (Lipinski definition) is 2. The molecule has 8 heteroatoms.